The van der Waals surface area contributed by atoms with Crippen molar-refractivity contribution in [2.45, 2.75) is 11.4 Å². The Balaban J connectivity index is 2.34. The van der Waals surface area contributed by atoms with E-state index in [1.165, 1.54) is 31.7 Å². The molecule has 0 saturated heterocycles. The average Bonchev–Trinajstić information content (AvgIpc) is 2.91. The van der Waals surface area contributed by atoms with Gasteiger partial charge in [-0.3, -0.25) is 5.10 Å². The van der Waals surface area contributed by atoms with Crippen LogP contribution in [0.4, 0.5) is 0 Å². The molecule has 98 valence electrons. The van der Waals surface area contributed by atoms with Crippen LogP contribution in [0.5, 0.6) is 0 Å². The average molecular weight is 278 g/mol. The number of pyridine rings is 1. The van der Waals surface area contributed by atoms with Gasteiger partial charge in [-0.05, 0) is 12.1 Å². The van der Waals surface area contributed by atoms with Gasteiger partial charge >= 0.3 is 0 Å². The molecule has 19 heavy (non-hydrogen) atoms. The van der Waals surface area contributed by atoms with Crippen molar-refractivity contribution in [1.82, 2.24) is 24.5 Å². The quantitative estimate of drug-likeness (QED) is 0.834. The van der Waals surface area contributed by atoms with Gasteiger partial charge in [-0.2, -0.15) is 14.7 Å². The third kappa shape index (κ3) is 2.59. The number of nitriles is 1. The van der Waals surface area contributed by atoms with Crippen LogP contribution in [0.2, 0.25) is 0 Å². The second-order valence-corrected chi connectivity index (χ2v) is 5.67. The number of aromatic nitrogens is 4. The van der Waals surface area contributed by atoms with E-state index >= 15 is 0 Å². The fraction of sp³-hybridized carbons (Fsp3) is 0.200. The van der Waals surface area contributed by atoms with Gasteiger partial charge in [-0.1, -0.05) is 0 Å². The van der Waals surface area contributed by atoms with Gasteiger partial charge in [0.05, 0.1) is 6.54 Å². The molecule has 1 N–H and O–H groups in total. The van der Waals surface area contributed by atoms with Crippen LogP contribution in [0, 0.1) is 11.3 Å². The Labute approximate surface area is 109 Å². The Bertz CT molecular complexity index is 704. The van der Waals surface area contributed by atoms with Crippen LogP contribution in [0.25, 0.3) is 0 Å². The summed E-state index contributed by atoms with van der Waals surface area (Å²) in [6, 6.07) is 4.58. The van der Waals surface area contributed by atoms with Crippen LogP contribution < -0.4 is 0 Å². The summed E-state index contributed by atoms with van der Waals surface area (Å²) in [5.41, 5.74) is -0.132. The Morgan fingerprint density at radius 3 is 2.89 bits per heavy atom. The van der Waals surface area contributed by atoms with Crippen LogP contribution in [0.15, 0.2) is 29.6 Å². The zero-order valence-corrected chi connectivity index (χ0v) is 10.8. The highest BCUT2D eigenvalue weighted by Gasteiger charge is 2.25. The molecule has 0 aliphatic heterocycles. The van der Waals surface area contributed by atoms with E-state index < -0.39 is 10.0 Å². The summed E-state index contributed by atoms with van der Waals surface area (Å²) in [4.78, 5) is 7.47. The van der Waals surface area contributed by atoms with Crippen LogP contribution >= 0.6 is 0 Å². The lowest BCUT2D eigenvalue weighted by molar-refractivity contribution is 0.456. The molecule has 2 aromatic rings. The van der Waals surface area contributed by atoms with Gasteiger partial charge < -0.3 is 0 Å². The molecule has 0 spiro atoms. The molecule has 2 aromatic heterocycles. The normalized spacial score (nSPS) is 11.4. The molecule has 8 nitrogen and oxygen atoms in total. The first-order valence-corrected chi connectivity index (χ1v) is 6.65. The predicted octanol–water partition coefficient (Wildman–Crippen LogP) is -0.108. The molecule has 2 rings (SSSR count). The SMILES string of the molecule is CN(Cc1ncn[nH]1)S(=O)(=O)c1cccnc1C#N. The van der Waals surface area contributed by atoms with Gasteiger partial charge in [0.2, 0.25) is 10.0 Å². The highest BCUT2D eigenvalue weighted by Crippen LogP contribution is 2.17. The molecule has 0 aliphatic rings. The minimum absolute atomic E-state index is 0.0299. The fourth-order valence-corrected chi connectivity index (χ4v) is 2.67. The Hall–Kier alpha value is -2.31. The maximum atomic E-state index is 12.3. The fourth-order valence-electron chi connectivity index (χ4n) is 1.45. The van der Waals surface area contributed by atoms with E-state index in [-0.39, 0.29) is 17.1 Å². The van der Waals surface area contributed by atoms with Gasteiger partial charge in [0.1, 0.15) is 23.1 Å². The van der Waals surface area contributed by atoms with Gasteiger partial charge in [0.15, 0.2) is 5.69 Å². The molecule has 0 saturated carbocycles. The molecule has 2 heterocycles. The van der Waals surface area contributed by atoms with E-state index in [0.717, 1.165) is 4.31 Å². The number of hydrogen-bond donors (Lipinski definition) is 1. The third-order valence-corrected chi connectivity index (χ3v) is 4.24. The minimum Gasteiger partial charge on any atom is -0.262 e. The summed E-state index contributed by atoms with van der Waals surface area (Å²) in [6.07, 6.45) is 2.66. The molecular weight excluding hydrogens is 268 g/mol. The Morgan fingerprint density at radius 2 is 2.26 bits per heavy atom. The van der Waals surface area contributed by atoms with Crippen molar-refractivity contribution in [2.75, 3.05) is 7.05 Å². The van der Waals surface area contributed by atoms with Crippen LogP contribution in [-0.2, 0) is 16.6 Å². The number of nitrogens with zero attached hydrogens (tertiary/aromatic N) is 5. The van der Waals surface area contributed by atoms with Crippen molar-refractivity contribution in [3.8, 4) is 6.07 Å². The third-order valence-electron chi connectivity index (χ3n) is 2.40. The summed E-state index contributed by atoms with van der Waals surface area (Å²) < 4.78 is 25.7. The number of aromatic amines is 1. The van der Waals surface area contributed by atoms with Crippen LogP contribution in [0.3, 0.4) is 0 Å². The number of H-pyrrole nitrogens is 1. The molecule has 9 heteroatoms. The first kappa shape index (κ1) is 13.1. The maximum Gasteiger partial charge on any atom is 0.246 e. The number of nitrogens with one attached hydrogen (secondary N) is 1. The molecule has 0 aromatic carbocycles. The summed E-state index contributed by atoms with van der Waals surface area (Å²) in [7, 11) is -2.40. The molecule has 0 unspecified atom stereocenters. The van der Waals surface area contributed by atoms with E-state index in [4.69, 9.17) is 5.26 Å². The second kappa shape index (κ2) is 5.13. The molecule has 0 radical (unpaired) electrons. The highest BCUT2D eigenvalue weighted by atomic mass is 32.2. The number of hydrogen-bond acceptors (Lipinski definition) is 6. The smallest absolute Gasteiger partial charge is 0.246 e. The first-order chi connectivity index (χ1) is 9.05. The maximum absolute atomic E-state index is 12.3. The molecular formula is C10H10N6O2S. The number of rotatable bonds is 4. The molecule has 0 atom stereocenters. The summed E-state index contributed by atoms with van der Waals surface area (Å²) in [5.74, 6) is 0.411. The van der Waals surface area contributed by atoms with Gasteiger partial charge in [0.25, 0.3) is 0 Å². The predicted molar refractivity (Wildman–Crippen MR) is 64.0 cm³/mol. The van der Waals surface area contributed by atoms with Crippen molar-refractivity contribution in [1.29, 1.82) is 5.26 Å². The van der Waals surface area contributed by atoms with E-state index in [1.807, 2.05) is 0 Å². The lowest BCUT2D eigenvalue weighted by Gasteiger charge is -2.15. The van der Waals surface area contributed by atoms with Gasteiger partial charge in [-0.25, -0.2) is 18.4 Å². The van der Waals surface area contributed by atoms with Crippen molar-refractivity contribution in [2.24, 2.45) is 0 Å². The van der Waals surface area contributed by atoms with E-state index in [9.17, 15) is 8.42 Å². The minimum atomic E-state index is -3.80. The number of sulfonamides is 1. The van der Waals surface area contributed by atoms with Gasteiger partial charge in [-0.15, -0.1) is 0 Å². The van der Waals surface area contributed by atoms with Crippen molar-refractivity contribution < 1.29 is 8.42 Å². The largest absolute Gasteiger partial charge is 0.262 e. The highest BCUT2D eigenvalue weighted by molar-refractivity contribution is 7.89. The lowest BCUT2D eigenvalue weighted by atomic mass is 10.4. The van der Waals surface area contributed by atoms with E-state index in [1.54, 1.807) is 6.07 Å². The summed E-state index contributed by atoms with van der Waals surface area (Å²) in [5, 5.41) is 15.1. The topological polar surface area (TPSA) is 116 Å². The lowest BCUT2D eigenvalue weighted by Crippen LogP contribution is -2.27. The standard InChI is InChI=1S/C10H10N6O2S/c1-16(6-10-13-7-14-15-10)19(17,18)9-3-2-4-12-8(9)5-11/h2-4,7H,6H2,1H3,(H,13,14,15). The first-order valence-electron chi connectivity index (χ1n) is 5.21. The van der Waals surface area contributed by atoms with E-state index in [0.29, 0.717) is 5.82 Å². The van der Waals surface area contributed by atoms with Crippen molar-refractivity contribution in [3.05, 3.63) is 36.2 Å². The Morgan fingerprint density at radius 1 is 1.47 bits per heavy atom. The monoisotopic (exact) mass is 278 g/mol. The van der Waals surface area contributed by atoms with Crippen molar-refractivity contribution in [3.63, 3.8) is 0 Å². The molecule has 0 bridgehead atoms. The zero-order valence-electron chi connectivity index (χ0n) is 9.98. The summed E-state index contributed by atoms with van der Waals surface area (Å²) >= 11 is 0. The zero-order chi connectivity index (χ0) is 13.9. The van der Waals surface area contributed by atoms with Crippen LogP contribution in [0.1, 0.15) is 11.5 Å². The summed E-state index contributed by atoms with van der Waals surface area (Å²) in [6.45, 7) is 0.0299. The Kier molecular flexibility index (Phi) is 3.55. The molecule has 0 fully saturated rings. The molecule has 0 aliphatic carbocycles. The van der Waals surface area contributed by atoms with Crippen LogP contribution in [-0.4, -0.2) is 39.9 Å². The van der Waals surface area contributed by atoms with Crippen molar-refractivity contribution >= 4 is 10.0 Å². The second-order valence-electron chi connectivity index (χ2n) is 3.66. The van der Waals surface area contributed by atoms with E-state index in [2.05, 4.69) is 20.2 Å². The van der Waals surface area contributed by atoms with Gasteiger partial charge in [0, 0.05) is 13.2 Å². The molecule has 0 amide bonds.